The van der Waals surface area contributed by atoms with E-state index in [4.69, 9.17) is 9.15 Å². The fourth-order valence-electron chi connectivity index (χ4n) is 3.27. The van der Waals surface area contributed by atoms with E-state index in [2.05, 4.69) is 5.32 Å². The molecular weight excluding hydrogens is 306 g/mol. The van der Waals surface area contributed by atoms with Gasteiger partial charge in [-0.25, -0.2) is 0 Å². The van der Waals surface area contributed by atoms with Gasteiger partial charge < -0.3 is 19.6 Å². The summed E-state index contributed by atoms with van der Waals surface area (Å²) >= 11 is 0. The Morgan fingerprint density at radius 3 is 2.92 bits per heavy atom. The second-order valence-electron chi connectivity index (χ2n) is 5.91. The number of methoxy groups -OCH3 is 1. The third-order valence-electron chi connectivity index (χ3n) is 4.44. The number of fused-ring (bicyclic) bond motifs is 2. The van der Waals surface area contributed by atoms with E-state index < -0.39 is 12.1 Å². The fourth-order valence-corrected chi connectivity index (χ4v) is 3.27. The Balaban J connectivity index is 1.63. The van der Waals surface area contributed by atoms with Crippen molar-refractivity contribution in [2.24, 2.45) is 0 Å². The van der Waals surface area contributed by atoms with Crippen LogP contribution in [0.5, 0.6) is 5.75 Å². The minimum absolute atomic E-state index is 0.200. The topological polar surface area (TPSA) is 71.7 Å². The lowest BCUT2D eigenvalue weighted by molar-refractivity contribution is 0.0833. The third kappa shape index (κ3) is 2.34. The summed E-state index contributed by atoms with van der Waals surface area (Å²) in [5.74, 6) is 0.429. The van der Waals surface area contributed by atoms with Crippen LogP contribution in [0, 0.1) is 0 Å². The van der Waals surface area contributed by atoms with Gasteiger partial charge in [0, 0.05) is 11.8 Å². The Bertz CT molecular complexity index is 915. The smallest absolute Gasteiger partial charge is 0.287 e. The summed E-state index contributed by atoms with van der Waals surface area (Å²) in [6.07, 6.45) is -0.0972. The van der Waals surface area contributed by atoms with Crippen LogP contribution in [0.15, 0.2) is 52.9 Å². The average Bonchev–Trinajstić information content (AvgIpc) is 3.16. The van der Waals surface area contributed by atoms with Crippen LogP contribution >= 0.6 is 0 Å². The minimum atomic E-state index is -0.634. The van der Waals surface area contributed by atoms with Crippen LogP contribution in [-0.2, 0) is 6.42 Å². The number of aliphatic hydroxyl groups is 1. The molecule has 2 N–H and O–H groups in total. The normalized spacial score (nSPS) is 19.2. The first kappa shape index (κ1) is 14.8. The van der Waals surface area contributed by atoms with Gasteiger partial charge in [-0.1, -0.05) is 36.4 Å². The molecule has 0 aliphatic heterocycles. The number of aliphatic hydroxyl groups excluding tert-OH is 1. The Labute approximate surface area is 138 Å². The summed E-state index contributed by atoms with van der Waals surface area (Å²) in [5.41, 5.74) is 2.55. The SMILES string of the molecule is COc1cccc2cc(C(=O)NC3c4ccccc4CC3O)oc12. The van der Waals surface area contributed by atoms with Gasteiger partial charge in [0.1, 0.15) is 0 Å². The van der Waals surface area contributed by atoms with Crippen molar-refractivity contribution in [3.05, 3.63) is 65.4 Å². The molecule has 3 aromatic rings. The summed E-state index contributed by atoms with van der Waals surface area (Å²) in [4.78, 5) is 12.6. The molecule has 1 heterocycles. The summed E-state index contributed by atoms with van der Waals surface area (Å²) in [6, 6.07) is 14.5. The number of nitrogens with one attached hydrogen (secondary N) is 1. The van der Waals surface area contributed by atoms with E-state index >= 15 is 0 Å². The number of carbonyl (C=O) groups excluding carboxylic acids is 1. The first-order valence-corrected chi connectivity index (χ1v) is 7.80. The van der Waals surface area contributed by atoms with Gasteiger partial charge in [-0.05, 0) is 23.3 Å². The van der Waals surface area contributed by atoms with E-state index in [-0.39, 0.29) is 11.7 Å². The fraction of sp³-hybridized carbons (Fsp3) is 0.211. The minimum Gasteiger partial charge on any atom is -0.493 e. The van der Waals surface area contributed by atoms with Crippen LogP contribution in [0.25, 0.3) is 11.0 Å². The molecule has 2 unspecified atom stereocenters. The van der Waals surface area contributed by atoms with Gasteiger partial charge in [0.25, 0.3) is 5.91 Å². The molecule has 0 radical (unpaired) electrons. The van der Waals surface area contributed by atoms with Crippen LogP contribution in [0.2, 0.25) is 0 Å². The molecule has 24 heavy (non-hydrogen) atoms. The first-order chi connectivity index (χ1) is 11.7. The van der Waals surface area contributed by atoms with Crippen molar-refractivity contribution in [2.75, 3.05) is 7.11 Å². The van der Waals surface area contributed by atoms with E-state index in [0.717, 1.165) is 16.5 Å². The number of furan rings is 1. The van der Waals surface area contributed by atoms with Crippen molar-refractivity contribution in [1.82, 2.24) is 5.32 Å². The molecule has 4 rings (SSSR count). The average molecular weight is 323 g/mol. The molecule has 5 heteroatoms. The lowest BCUT2D eigenvalue weighted by Crippen LogP contribution is -2.33. The summed E-state index contributed by atoms with van der Waals surface area (Å²) in [6.45, 7) is 0. The first-order valence-electron chi connectivity index (χ1n) is 7.80. The molecule has 0 spiro atoms. The van der Waals surface area contributed by atoms with Crippen LogP contribution < -0.4 is 10.1 Å². The zero-order chi connectivity index (χ0) is 16.7. The number of ether oxygens (including phenoxy) is 1. The standard InChI is InChI=1S/C19H17NO4/c1-23-15-8-4-6-12-10-16(24-18(12)15)19(22)20-17-13-7-3-2-5-11(13)9-14(17)21/h2-8,10,14,17,21H,9H2,1H3,(H,20,22). The molecule has 0 saturated heterocycles. The Morgan fingerprint density at radius 2 is 2.08 bits per heavy atom. The number of benzene rings is 2. The summed E-state index contributed by atoms with van der Waals surface area (Å²) < 4.78 is 10.9. The zero-order valence-electron chi connectivity index (χ0n) is 13.2. The highest BCUT2D eigenvalue weighted by Gasteiger charge is 2.32. The summed E-state index contributed by atoms with van der Waals surface area (Å²) in [7, 11) is 1.56. The molecule has 0 fully saturated rings. The molecule has 1 aromatic heterocycles. The Hall–Kier alpha value is -2.79. The monoisotopic (exact) mass is 323 g/mol. The third-order valence-corrected chi connectivity index (χ3v) is 4.44. The highest BCUT2D eigenvalue weighted by atomic mass is 16.5. The van der Waals surface area contributed by atoms with E-state index in [1.807, 2.05) is 36.4 Å². The second kappa shape index (κ2) is 5.69. The van der Waals surface area contributed by atoms with Gasteiger partial charge in [-0.3, -0.25) is 4.79 Å². The maximum atomic E-state index is 12.6. The van der Waals surface area contributed by atoms with Crippen LogP contribution in [0.4, 0.5) is 0 Å². The van der Waals surface area contributed by atoms with Gasteiger partial charge in [0.2, 0.25) is 0 Å². The molecule has 2 atom stereocenters. The number of hydrogen-bond acceptors (Lipinski definition) is 4. The van der Waals surface area contributed by atoms with Crippen molar-refractivity contribution >= 4 is 16.9 Å². The number of hydrogen-bond donors (Lipinski definition) is 2. The van der Waals surface area contributed by atoms with Crippen LogP contribution in [0.1, 0.15) is 27.7 Å². The van der Waals surface area contributed by atoms with Gasteiger partial charge in [0.05, 0.1) is 19.3 Å². The Kier molecular flexibility index (Phi) is 3.50. The molecule has 122 valence electrons. The highest BCUT2D eigenvalue weighted by Crippen LogP contribution is 2.32. The Morgan fingerprint density at radius 1 is 1.25 bits per heavy atom. The zero-order valence-corrected chi connectivity index (χ0v) is 13.2. The van der Waals surface area contributed by atoms with Gasteiger partial charge in [-0.2, -0.15) is 0 Å². The molecular formula is C19H17NO4. The van der Waals surface area contributed by atoms with E-state index in [1.54, 1.807) is 19.2 Å². The van der Waals surface area contributed by atoms with E-state index in [1.165, 1.54) is 0 Å². The van der Waals surface area contributed by atoms with Crippen molar-refractivity contribution in [3.63, 3.8) is 0 Å². The summed E-state index contributed by atoms with van der Waals surface area (Å²) in [5, 5.41) is 13.9. The van der Waals surface area contributed by atoms with Crippen molar-refractivity contribution in [3.8, 4) is 5.75 Å². The highest BCUT2D eigenvalue weighted by molar-refractivity contribution is 5.97. The lowest BCUT2D eigenvalue weighted by Gasteiger charge is -2.17. The van der Waals surface area contributed by atoms with Gasteiger partial charge in [0.15, 0.2) is 17.1 Å². The largest absolute Gasteiger partial charge is 0.493 e. The van der Waals surface area contributed by atoms with Crippen molar-refractivity contribution < 1.29 is 19.1 Å². The lowest BCUT2D eigenvalue weighted by atomic mass is 10.1. The predicted molar refractivity (Wildman–Crippen MR) is 89.1 cm³/mol. The number of amides is 1. The predicted octanol–water partition coefficient (Wildman–Crippen LogP) is 2.83. The quantitative estimate of drug-likeness (QED) is 0.777. The van der Waals surface area contributed by atoms with E-state index in [0.29, 0.717) is 17.8 Å². The number of carbonyl (C=O) groups is 1. The molecule has 2 aromatic carbocycles. The molecule has 5 nitrogen and oxygen atoms in total. The second-order valence-corrected chi connectivity index (χ2v) is 5.91. The van der Waals surface area contributed by atoms with Crippen LogP contribution in [0.3, 0.4) is 0 Å². The molecule has 1 aliphatic rings. The van der Waals surface area contributed by atoms with Crippen LogP contribution in [-0.4, -0.2) is 24.2 Å². The molecule has 1 aliphatic carbocycles. The van der Waals surface area contributed by atoms with Crippen molar-refractivity contribution in [2.45, 2.75) is 18.6 Å². The number of rotatable bonds is 3. The number of para-hydroxylation sites is 1. The van der Waals surface area contributed by atoms with Gasteiger partial charge in [-0.15, -0.1) is 0 Å². The molecule has 1 amide bonds. The maximum absolute atomic E-state index is 12.6. The van der Waals surface area contributed by atoms with E-state index in [9.17, 15) is 9.90 Å². The molecule has 0 saturated carbocycles. The maximum Gasteiger partial charge on any atom is 0.287 e. The van der Waals surface area contributed by atoms with Crippen molar-refractivity contribution in [1.29, 1.82) is 0 Å². The molecule has 0 bridgehead atoms. The van der Waals surface area contributed by atoms with Gasteiger partial charge >= 0.3 is 0 Å².